The second kappa shape index (κ2) is 4.88. The van der Waals surface area contributed by atoms with E-state index in [-0.39, 0.29) is 29.5 Å². The van der Waals surface area contributed by atoms with Crippen molar-refractivity contribution in [1.29, 1.82) is 0 Å². The zero-order valence-electron chi connectivity index (χ0n) is 11.0. The summed E-state index contributed by atoms with van der Waals surface area (Å²) < 4.78 is 2.25. The molecule has 0 aliphatic carbocycles. The van der Waals surface area contributed by atoms with Gasteiger partial charge in [-0.05, 0) is 13.3 Å². The zero-order valence-corrected chi connectivity index (χ0v) is 11.0. The van der Waals surface area contributed by atoms with Crippen molar-refractivity contribution in [3.8, 4) is 0 Å². The van der Waals surface area contributed by atoms with Crippen molar-refractivity contribution < 1.29 is 5.11 Å². The van der Waals surface area contributed by atoms with Crippen LogP contribution in [0.15, 0.2) is 24.6 Å². The number of hydrogen-bond donors (Lipinski definition) is 1. The van der Waals surface area contributed by atoms with Crippen molar-refractivity contribution in [2.75, 3.05) is 6.61 Å². The van der Waals surface area contributed by atoms with Crippen LogP contribution < -0.4 is 22.1 Å². The van der Waals surface area contributed by atoms with Gasteiger partial charge in [0, 0.05) is 20.7 Å². The Labute approximate surface area is 108 Å². The van der Waals surface area contributed by atoms with Gasteiger partial charge in [-0.15, -0.1) is 0 Å². The highest BCUT2D eigenvalue weighted by Gasteiger charge is 2.14. The lowest BCUT2D eigenvalue weighted by molar-refractivity contribution is 0.279. The molecule has 0 radical (unpaired) electrons. The number of hydrogen-bond acceptors (Lipinski definition) is 4. The topological polar surface area (TPSA) is 101 Å². The first-order valence-electron chi connectivity index (χ1n) is 5.88. The Hall–Kier alpha value is -2.09. The average molecular weight is 265 g/mol. The van der Waals surface area contributed by atoms with Gasteiger partial charge in [-0.3, -0.25) is 13.9 Å². The molecule has 0 bridgehead atoms. The van der Waals surface area contributed by atoms with Crippen LogP contribution in [-0.4, -0.2) is 32.8 Å². The highest BCUT2D eigenvalue weighted by molar-refractivity contribution is 5.83. The minimum absolute atomic E-state index is 0.0190. The van der Waals surface area contributed by atoms with Crippen molar-refractivity contribution in [3.05, 3.63) is 31.7 Å². The van der Waals surface area contributed by atoms with Gasteiger partial charge in [0.15, 0.2) is 10.8 Å². The maximum Gasteiger partial charge on any atom is 0.332 e. The van der Waals surface area contributed by atoms with Crippen molar-refractivity contribution in [2.45, 2.75) is 19.4 Å². The lowest BCUT2D eigenvalue weighted by atomic mass is 10.3. The molecule has 19 heavy (non-hydrogen) atoms. The first-order valence-corrected chi connectivity index (χ1v) is 5.88. The van der Waals surface area contributed by atoms with Crippen molar-refractivity contribution in [1.82, 2.24) is 9.13 Å². The molecule has 1 aromatic rings. The Bertz CT molecular complexity index is 771. The number of rotatable bonds is 3. The zero-order chi connectivity index (χ0) is 14.2. The number of aliphatic hydroxyl groups excluding tert-OH is 1. The van der Waals surface area contributed by atoms with Crippen LogP contribution in [0.4, 0.5) is 0 Å². The summed E-state index contributed by atoms with van der Waals surface area (Å²) >= 11 is 0. The fourth-order valence-corrected chi connectivity index (χ4v) is 1.77. The van der Waals surface area contributed by atoms with Gasteiger partial charge >= 0.3 is 5.69 Å². The molecule has 1 aromatic heterocycles. The van der Waals surface area contributed by atoms with Gasteiger partial charge in [-0.25, -0.2) is 14.8 Å². The fraction of sp³-hybridized carbons (Fsp3) is 0.545. The number of guanidine groups is 1. The quantitative estimate of drug-likeness (QED) is 0.651. The second-order valence-electron chi connectivity index (χ2n) is 4.39. The highest BCUT2D eigenvalue weighted by atomic mass is 16.3. The largest absolute Gasteiger partial charge is 0.396 e. The Morgan fingerprint density at radius 2 is 1.95 bits per heavy atom. The SMILES string of the molecule is CC(CCO)N=C1N=c2c(=O)n(C)c(=O)n(C)c2=N1. The Morgan fingerprint density at radius 1 is 1.26 bits per heavy atom. The minimum Gasteiger partial charge on any atom is -0.396 e. The van der Waals surface area contributed by atoms with Crippen molar-refractivity contribution in [3.63, 3.8) is 0 Å². The van der Waals surface area contributed by atoms with Gasteiger partial charge in [0.25, 0.3) is 5.56 Å². The predicted molar refractivity (Wildman–Crippen MR) is 67.8 cm³/mol. The number of nitrogens with zero attached hydrogens (tertiary/aromatic N) is 5. The summed E-state index contributed by atoms with van der Waals surface area (Å²) in [5, 5.41) is 8.94. The van der Waals surface area contributed by atoms with E-state index in [1.165, 1.54) is 18.7 Å². The van der Waals surface area contributed by atoms with E-state index in [2.05, 4.69) is 15.0 Å². The van der Waals surface area contributed by atoms with E-state index < -0.39 is 11.2 Å². The van der Waals surface area contributed by atoms with Crippen molar-refractivity contribution >= 4 is 5.96 Å². The minimum atomic E-state index is -0.484. The molecule has 102 valence electrons. The maximum atomic E-state index is 11.9. The summed E-state index contributed by atoms with van der Waals surface area (Å²) in [5.41, 5.74) is -0.711. The van der Waals surface area contributed by atoms with Crippen LogP contribution in [0.5, 0.6) is 0 Å². The summed E-state index contributed by atoms with van der Waals surface area (Å²) in [6.07, 6.45) is 0.488. The molecule has 0 saturated heterocycles. The van der Waals surface area contributed by atoms with Crippen LogP contribution in [-0.2, 0) is 14.1 Å². The average Bonchev–Trinajstić information content (AvgIpc) is 2.78. The van der Waals surface area contributed by atoms with Crippen LogP contribution >= 0.6 is 0 Å². The number of aliphatic hydroxyl groups is 1. The maximum absolute atomic E-state index is 11.9. The van der Waals surface area contributed by atoms with Crippen LogP contribution in [0.1, 0.15) is 13.3 Å². The molecule has 1 unspecified atom stereocenters. The third kappa shape index (κ3) is 2.26. The molecule has 0 saturated carbocycles. The summed E-state index contributed by atoms with van der Waals surface area (Å²) in [7, 11) is 2.92. The second-order valence-corrected chi connectivity index (χ2v) is 4.39. The molecule has 0 fully saturated rings. The van der Waals surface area contributed by atoms with Gasteiger partial charge in [0.1, 0.15) is 0 Å². The molecule has 1 aliphatic rings. The molecular weight excluding hydrogens is 250 g/mol. The summed E-state index contributed by atoms with van der Waals surface area (Å²) in [6.45, 7) is 1.83. The number of aliphatic imine (C=N–C) groups is 1. The van der Waals surface area contributed by atoms with Crippen molar-refractivity contribution in [2.24, 2.45) is 29.1 Å². The predicted octanol–water partition coefficient (Wildman–Crippen LogP) is -2.54. The molecule has 1 aliphatic heterocycles. The van der Waals surface area contributed by atoms with Crippen LogP contribution in [0.25, 0.3) is 0 Å². The Balaban J connectivity index is 2.64. The van der Waals surface area contributed by atoms with E-state index in [9.17, 15) is 9.59 Å². The first kappa shape index (κ1) is 13.3. The standard InChI is InChI=1S/C11H15N5O3/c1-6(4-5-17)12-10-13-7-8(14-10)15(2)11(19)16(3)9(7)18/h6,17H,4-5H2,1-3H3. The van der Waals surface area contributed by atoms with Crippen LogP contribution in [0.2, 0.25) is 0 Å². The first-order chi connectivity index (χ1) is 8.95. The van der Waals surface area contributed by atoms with Gasteiger partial charge < -0.3 is 5.11 Å². The molecule has 8 nitrogen and oxygen atoms in total. The smallest absolute Gasteiger partial charge is 0.332 e. The van der Waals surface area contributed by atoms with Crippen LogP contribution in [0.3, 0.4) is 0 Å². The molecule has 2 heterocycles. The molecule has 2 rings (SSSR count). The fourth-order valence-electron chi connectivity index (χ4n) is 1.77. The van der Waals surface area contributed by atoms with Gasteiger partial charge in [0.2, 0.25) is 5.96 Å². The number of fused-ring (bicyclic) bond motifs is 1. The molecule has 0 spiro atoms. The summed E-state index contributed by atoms with van der Waals surface area (Å²) in [5.74, 6) is 0.161. The molecule has 1 N–H and O–H groups in total. The third-order valence-electron chi connectivity index (χ3n) is 2.91. The Morgan fingerprint density at radius 3 is 2.58 bits per heavy atom. The molecular formula is C11H15N5O3. The molecule has 0 aromatic carbocycles. The molecule has 1 atom stereocenters. The van der Waals surface area contributed by atoms with Gasteiger partial charge in [-0.1, -0.05) is 0 Å². The summed E-state index contributed by atoms with van der Waals surface area (Å²) in [6, 6.07) is -0.150. The lowest BCUT2D eigenvalue weighted by Crippen LogP contribution is -2.55. The highest BCUT2D eigenvalue weighted by Crippen LogP contribution is 1.98. The van der Waals surface area contributed by atoms with E-state index in [4.69, 9.17) is 5.11 Å². The van der Waals surface area contributed by atoms with E-state index >= 15 is 0 Å². The normalized spacial score (nSPS) is 16.9. The Kier molecular flexibility index (Phi) is 3.43. The summed E-state index contributed by atoms with van der Waals surface area (Å²) in [4.78, 5) is 35.9. The monoisotopic (exact) mass is 265 g/mol. The molecule has 8 heteroatoms. The van der Waals surface area contributed by atoms with E-state index in [0.717, 1.165) is 4.57 Å². The van der Waals surface area contributed by atoms with Crippen LogP contribution in [0, 0.1) is 0 Å². The third-order valence-corrected chi connectivity index (χ3v) is 2.91. The lowest BCUT2D eigenvalue weighted by Gasteiger charge is -2.01. The van der Waals surface area contributed by atoms with E-state index in [1.54, 1.807) is 0 Å². The number of aromatic nitrogens is 2. The van der Waals surface area contributed by atoms with E-state index in [1.807, 2.05) is 6.92 Å². The van der Waals surface area contributed by atoms with E-state index in [0.29, 0.717) is 6.42 Å². The molecule has 0 amide bonds. The van der Waals surface area contributed by atoms with Gasteiger partial charge in [0.05, 0.1) is 6.04 Å². The van der Waals surface area contributed by atoms with Gasteiger partial charge in [-0.2, -0.15) is 4.99 Å².